The van der Waals surface area contributed by atoms with Gasteiger partial charge in [-0.25, -0.2) is 0 Å². The Bertz CT molecular complexity index is 67.6. The molecule has 0 saturated heterocycles. The molecule has 0 fully saturated rings. The Morgan fingerprint density at radius 3 is 1.22 bits per heavy atom. The van der Waals surface area contributed by atoms with Crippen LogP contribution in [0.1, 0.15) is 0 Å². The summed E-state index contributed by atoms with van der Waals surface area (Å²) in [5, 5.41) is 0. The SMILES string of the molecule is S.SCC#CCS.[Li].[Li]. The Morgan fingerprint density at radius 1 is 0.889 bits per heavy atom. The average molecular weight is 166 g/mol. The van der Waals surface area contributed by atoms with Crippen LogP contribution in [0.4, 0.5) is 0 Å². The molecule has 0 nitrogen and oxygen atoms in total. The van der Waals surface area contributed by atoms with Crippen molar-refractivity contribution in [3.63, 3.8) is 0 Å². The second-order valence-electron chi connectivity index (χ2n) is 0.670. The third-order valence-corrected chi connectivity index (χ3v) is 0.599. The third kappa shape index (κ3) is 25.9. The Hall–Kier alpha value is 1.80. The zero-order chi connectivity index (χ0) is 4.83. The summed E-state index contributed by atoms with van der Waals surface area (Å²) in [4.78, 5) is 0. The van der Waals surface area contributed by atoms with E-state index in [0.29, 0.717) is 11.5 Å². The van der Waals surface area contributed by atoms with E-state index in [1.54, 1.807) is 0 Å². The van der Waals surface area contributed by atoms with Gasteiger partial charge in [0.15, 0.2) is 0 Å². The van der Waals surface area contributed by atoms with E-state index >= 15 is 0 Å². The fourth-order valence-corrected chi connectivity index (χ4v) is 0.335. The number of hydrogen-bond donors (Lipinski definition) is 2. The molecule has 0 amide bonds. The average Bonchev–Trinajstić information content (AvgIpc) is 1.61. The summed E-state index contributed by atoms with van der Waals surface area (Å²) in [5.74, 6) is 6.75. The van der Waals surface area contributed by atoms with Gasteiger partial charge in [0.25, 0.3) is 0 Å². The van der Waals surface area contributed by atoms with Crippen molar-refractivity contribution in [3.05, 3.63) is 0 Å². The molecule has 0 aromatic heterocycles. The van der Waals surface area contributed by atoms with Gasteiger partial charge in [0.2, 0.25) is 0 Å². The van der Waals surface area contributed by atoms with Gasteiger partial charge in [0.1, 0.15) is 0 Å². The van der Waals surface area contributed by atoms with Gasteiger partial charge in [-0.15, -0.1) is 0 Å². The second-order valence-corrected chi connectivity index (χ2v) is 1.30. The van der Waals surface area contributed by atoms with Crippen LogP contribution in [0, 0.1) is 11.8 Å². The quantitative estimate of drug-likeness (QED) is 0.287. The van der Waals surface area contributed by atoms with E-state index in [1.807, 2.05) is 0 Å². The maximum absolute atomic E-state index is 3.85. The molecule has 0 aliphatic heterocycles. The zero-order valence-corrected chi connectivity index (χ0v) is 8.60. The molecule has 44 valence electrons. The molecule has 0 aliphatic carbocycles. The Morgan fingerprint density at radius 2 is 1.11 bits per heavy atom. The topological polar surface area (TPSA) is 0 Å². The summed E-state index contributed by atoms with van der Waals surface area (Å²) in [6.07, 6.45) is 0. The van der Waals surface area contributed by atoms with E-state index in [1.165, 1.54) is 0 Å². The summed E-state index contributed by atoms with van der Waals surface area (Å²) in [6, 6.07) is 0. The van der Waals surface area contributed by atoms with E-state index in [-0.39, 0.29) is 51.2 Å². The molecular weight excluding hydrogens is 158 g/mol. The van der Waals surface area contributed by atoms with Crippen molar-refractivity contribution in [1.29, 1.82) is 0 Å². The van der Waals surface area contributed by atoms with E-state index in [2.05, 4.69) is 37.1 Å². The minimum Gasteiger partial charge on any atom is -0.197 e. The maximum atomic E-state index is 3.85. The first kappa shape index (κ1) is 22.4. The van der Waals surface area contributed by atoms with Crippen LogP contribution in [0.5, 0.6) is 0 Å². The summed E-state index contributed by atoms with van der Waals surface area (Å²) in [7, 11) is 0. The molecule has 0 N–H and O–H groups in total. The molecule has 0 spiro atoms. The number of hydrogen-bond acceptors (Lipinski definition) is 2. The number of thiol groups is 2. The predicted molar refractivity (Wildman–Crippen MR) is 57.4 cm³/mol. The molecule has 0 bridgehead atoms. The minimum atomic E-state index is 0. The van der Waals surface area contributed by atoms with Crippen LogP contribution in [-0.4, -0.2) is 49.2 Å². The van der Waals surface area contributed by atoms with Crippen LogP contribution < -0.4 is 0 Å². The van der Waals surface area contributed by atoms with Crippen LogP contribution in [0.3, 0.4) is 0 Å². The molecule has 0 atom stereocenters. The maximum Gasteiger partial charge on any atom is 0.0517 e. The molecule has 5 heteroatoms. The molecular formula is C4H8Li2S3. The van der Waals surface area contributed by atoms with Gasteiger partial charge >= 0.3 is 0 Å². The molecule has 0 aromatic rings. The Balaban J connectivity index is -0.0000000417. The third-order valence-electron chi connectivity index (χ3n) is 0.283. The van der Waals surface area contributed by atoms with E-state index in [9.17, 15) is 0 Å². The van der Waals surface area contributed by atoms with Gasteiger partial charge < -0.3 is 0 Å². The minimum absolute atomic E-state index is 0. The van der Waals surface area contributed by atoms with Crippen LogP contribution >= 0.6 is 38.8 Å². The van der Waals surface area contributed by atoms with Gasteiger partial charge in [-0.1, -0.05) is 11.8 Å². The van der Waals surface area contributed by atoms with Gasteiger partial charge in [0, 0.05) is 37.7 Å². The van der Waals surface area contributed by atoms with Crippen molar-refractivity contribution < 1.29 is 0 Å². The molecule has 9 heavy (non-hydrogen) atoms. The van der Waals surface area contributed by atoms with E-state index in [4.69, 9.17) is 0 Å². The van der Waals surface area contributed by atoms with Gasteiger partial charge in [0.05, 0.1) is 11.5 Å². The summed E-state index contributed by atoms with van der Waals surface area (Å²) in [6.45, 7) is 0. The predicted octanol–water partition coefficient (Wildman–Crippen LogP) is 0.201. The van der Waals surface area contributed by atoms with Crippen molar-refractivity contribution in [2.75, 3.05) is 11.5 Å². The molecule has 0 saturated carbocycles. The summed E-state index contributed by atoms with van der Waals surface area (Å²) < 4.78 is 0. The second kappa shape index (κ2) is 22.6. The first-order valence-corrected chi connectivity index (χ1v) is 2.85. The standard InChI is InChI=1S/C4H6S2.2Li.H2S/c5-3-1-2-4-6;;;/h5-6H,3-4H2;;;1H2. The monoisotopic (exact) mass is 166 g/mol. The molecule has 2 radical (unpaired) electrons. The Kier molecular flexibility index (Phi) is 56.2. The first-order chi connectivity index (χ1) is 2.91. The van der Waals surface area contributed by atoms with Gasteiger partial charge in [-0.3, -0.25) is 0 Å². The van der Waals surface area contributed by atoms with Gasteiger partial charge in [-0.05, 0) is 0 Å². The fourth-order valence-electron chi connectivity index (χ4n) is 0.112. The first-order valence-electron chi connectivity index (χ1n) is 1.59. The van der Waals surface area contributed by atoms with Crippen molar-refractivity contribution in [2.45, 2.75) is 0 Å². The molecule has 0 rings (SSSR count). The van der Waals surface area contributed by atoms with Crippen molar-refractivity contribution in [3.8, 4) is 11.8 Å². The largest absolute Gasteiger partial charge is 0.197 e. The Labute approximate surface area is 98.9 Å². The van der Waals surface area contributed by atoms with Crippen molar-refractivity contribution >= 4 is 76.5 Å². The van der Waals surface area contributed by atoms with Crippen molar-refractivity contribution in [2.24, 2.45) is 0 Å². The fraction of sp³-hybridized carbons (Fsp3) is 0.500. The van der Waals surface area contributed by atoms with E-state index in [0.717, 1.165) is 0 Å². The van der Waals surface area contributed by atoms with Crippen LogP contribution in [0.25, 0.3) is 0 Å². The van der Waals surface area contributed by atoms with Gasteiger partial charge in [-0.2, -0.15) is 38.8 Å². The summed E-state index contributed by atoms with van der Waals surface area (Å²) in [5.41, 5.74) is 0. The van der Waals surface area contributed by atoms with Crippen LogP contribution in [0.15, 0.2) is 0 Å². The van der Waals surface area contributed by atoms with E-state index < -0.39 is 0 Å². The smallest absolute Gasteiger partial charge is 0.0517 e. The molecule has 0 heterocycles. The zero-order valence-electron chi connectivity index (χ0n) is 5.81. The molecule has 0 aromatic carbocycles. The molecule has 0 aliphatic rings. The van der Waals surface area contributed by atoms with Crippen molar-refractivity contribution in [1.82, 2.24) is 0 Å². The summed E-state index contributed by atoms with van der Waals surface area (Å²) >= 11 is 7.69. The molecule has 0 unspecified atom stereocenters. The van der Waals surface area contributed by atoms with Crippen LogP contribution in [-0.2, 0) is 0 Å². The normalized spacial score (nSPS) is 4.22. The van der Waals surface area contributed by atoms with Crippen LogP contribution in [0.2, 0.25) is 0 Å². The number of rotatable bonds is 0.